The minimum atomic E-state index is -3.59. The second-order valence-electron chi connectivity index (χ2n) is 8.63. The lowest BCUT2D eigenvalue weighted by Crippen LogP contribution is -2.46. The molecule has 0 unspecified atom stereocenters. The first kappa shape index (κ1) is 24.5. The molecule has 0 saturated carbocycles. The largest absolute Gasteiger partial charge is 0.490 e. The summed E-state index contributed by atoms with van der Waals surface area (Å²) >= 11 is 0. The Kier molecular flexibility index (Phi) is 8.50. The molecule has 9 nitrogen and oxygen atoms in total. The van der Waals surface area contributed by atoms with E-state index in [1.54, 1.807) is 31.2 Å². The number of nitrogens with zero attached hydrogens (tertiary/aromatic N) is 1. The van der Waals surface area contributed by atoms with Crippen molar-refractivity contribution in [3.8, 4) is 5.75 Å². The van der Waals surface area contributed by atoms with Gasteiger partial charge in [-0.15, -0.1) is 0 Å². The Labute approximate surface area is 190 Å². The fraction of sp³-hybridized carbons (Fsp3) is 0.636. The zero-order valence-corrected chi connectivity index (χ0v) is 19.4. The maximum absolute atomic E-state index is 13.0. The molecule has 178 valence electrons. The summed E-state index contributed by atoms with van der Waals surface area (Å²) in [5.74, 6) is -0.210. The standard InChI is InChI=1S/C22H34N4O5S/c1-16(22(23)28)2-7-21(27)25-17-10-14-26(15-11-17)32(29,30)20-5-3-18(4-6-20)31-19-8-12-24-13-9-19/h3-6,16-17,19,24H,2,7-15H2,1H3,(H2,23,28)(H,25,27)/t16-/m0/s1. The summed E-state index contributed by atoms with van der Waals surface area (Å²) in [5, 5.41) is 6.23. The zero-order valence-electron chi connectivity index (χ0n) is 18.6. The SMILES string of the molecule is C[C@@H](CCC(=O)NC1CCN(S(=O)(=O)c2ccc(OC3CCNCC3)cc2)CC1)C(N)=O. The van der Waals surface area contributed by atoms with Crippen LogP contribution in [-0.2, 0) is 19.6 Å². The van der Waals surface area contributed by atoms with Crippen molar-refractivity contribution in [3.63, 3.8) is 0 Å². The number of hydrogen-bond donors (Lipinski definition) is 3. The van der Waals surface area contributed by atoms with E-state index in [0.717, 1.165) is 25.9 Å². The number of primary amides is 1. The fourth-order valence-corrected chi connectivity index (χ4v) is 5.44. The third-order valence-corrected chi connectivity index (χ3v) is 8.07. The predicted molar refractivity (Wildman–Crippen MR) is 120 cm³/mol. The van der Waals surface area contributed by atoms with Crippen molar-refractivity contribution < 1.29 is 22.7 Å². The minimum Gasteiger partial charge on any atom is -0.490 e. The van der Waals surface area contributed by atoms with Gasteiger partial charge in [0.1, 0.15) is 11.9 Å². The van der Waals surface area contributed by atoms with Crippen LogP contribution in [0.1, 0.15) is 45.4 Å². The van der Waals surface area contributed by atoms with E-state index < -0.39 is 15.9 Å². The molecule has 0 radical (unpaired) electrons. The number of hydrogen-bond acceptors (Lipinski definition) is 6. The average Bonchev–Trinajstić information content (AvgIpc) is 2.79. The highest BCUT2D eigenvalue weighted by Gasteiger charge is 2.30. The average molecular weight is 467 g/mol. The van der Waals surface area contributed by atoms with E-state index in [-0.39, 0.29) is 35.3 Å². The van der Waals surface area contributed by atoms with Crippen molar-refractivity contribution >= 4 is 21.8 Å². The van der Waals surface area contributed by atoms with Gasteiger partial charge in [-0.1, -0.05) is 6.92 Å². The molecule has 0 aliphatic carbocycles. The number of ether oxygens (including phenoxy) is 1. The molecule has 1 aromatic rings. The Hall–Kier alpha value is -2.17. The van der Waals surface area contributed by atoms with Gasteiger partial charge in [0, 0.05) is 31.5 Å². The van der Waals surface area contributed by atoms with E-state index in [9.17, 15) is 18.0 Å². The molecule has 1 atom stereocenters. The molecule has 10 heteroatoms. The molecule has 2 amide bonds. The normalized spacial score (nSPS) is 19.9. The Bertz CT molecular complexity index is 876. The van der Waals surface area contributed by atoms with Gasteiger partial charge in [0.05, 0.1) is 4.90 Å². The second-order valence-corrected chi connectivity index (χ2v) is 10.6. The van der Waals surface area contributed by atoms with Crippen LogP contribution in [0.2, 0.25) is 0 Å². The highest BCUT2D eigenvalue weighted by atomic mass is 32.2. The monoisotopic (exact) mass is 466 g/mol. The van der Waals surface area contributed by atoms with Gasteiger partial charge in [0.2, 0.25) is 21.8 Å². The van der Waals surface area contributed by atoms with Crippen LogP contribution in [0.25, 0.3) is 0 Å². The van der Waals surface area contributed by atoms with E-state index >= 15 is 0 Å². The maximum Gasteiger partial charge on any atom is 0.243 e. The smallest absolute Gasteiger partial charge is 0.243 e. The van der Waals surface area contributed by atoms with Gasteiger partial charge >= 0.3 is 0 Å². The highest BCUT2D eigenvalue weighted by molar-refractivity contribution is 7.89. The first-order valence-corrected chi connectivity index (χ1v) is 12.8. The topological polar surface area (TPSA) is 131 Å². The molecule has 32 heavy (non-hydrogen) atoms. The summed E-state index contributed by atoms with van der Waals surface area (Å²) < 4.78 is 33.4. The Morgan fingerprint density at radius 1 is 1.16 bits per heavy atom. The van der Waals surface area contributed by atoms with Gasteiger partial charge in [-0.05, 0) is 69.5 Å². The third-order valence-electron chi connectivity index (χ3n) is 6.16. The number of amides is 2. The quantitative estimate of drug-likeness (QED) is 0.497. The predicted octanol–water partition coefficient (Wildman–Crippen LogP) is 0.988. The number of nitrogens with two attached hydrogens (primary N) is 1. The minimum absolute atomic E-state index is 0.0707. The Morgan fingerprint density at radius 2 is 1.78 bits per heavy atom. The summed E-state index contributed by atoms with van der Waals surface area (Å²) in [5.41, 5.74) is 5.22. The van der Waals surface area contributed by atoms with Gasteiger partial charge in [-0.3, -0.25) is 9.59 Å². The number of benzene rings is 1. The van der Waals surface area contributed by atoms with Crippen LogP contribution in [0.5, 0.6) is 5.75 Å². The van der Waals surface area contributed by atoms with E-state index in [4.69, 9.17) is 10.5 Å². The highest BCUT2D eigenvalue weighted by Crippen LogP contribution is 2.24. The number of piperidine rings is 2. The Morgan fingerprint density at radius 3 is 2.38 bits per heavy atom. The van der Waals surface area contributed by atoms with Crippen molar-refractivity contribution in [2.75, 3.05) is 26.2 Å². The van der Waals surface area contributed by atoms with Crippen LogP contribution in [0.3, 0.4) is 0 Å². The van der Waals surface area contributed by atoms with Crippen LogP contribution in [0.4, 0.5) is 0 Å². The fourth-order valence-electron chi connectivity index (χ4n) is 3.98. The van der Waals surface area contributed by atoms with Gasteiger partial charge in [0.25, 0.3) is 0 Å². The number of sulfonamides is 1. The van der Waals surface area contributed by atoms with Crippen LogP contribution >= 0.6 is 0 Å². The van der Waals surface area contributed by atoms with Crippen molar-refractivity contribution in [2.45, 2.75) is 62.5 Å². The van der Waals surface area contributed by atoms with Crippen molar-refractivity contribution in [3.05, 3.63) is 24.3 Å². The van der Waals surface area contributed by atoms with Gasteiger partial charge in [-0.25, -0.2) is 8.42 Å². The number of carbonyl (C=O) groups is 2. The summed E-state index contributed by atoms with van der Waals surface area (Å²) in [7, 11) is -3.59. The Balaban J connectivity index is 1.47. The van der Waals surface area contributed by atoms with Crippen LogP contribution in [0.15, 0.2) is 29.2 Å². The summed E-state index contributed by atoms with van der Waals surface area (Å²) in [4.78, 5) is 23.4. The summed E-state index contributed by atoms with van der Waals surface area (Å²) in [6.07, 6.45) is 3.78. The van der Waals surface area contributed by atoms with Gasteiger partial charge < -0.3 is 21.1 Å². The van der Waals surface area contributed by atoms with E-state index in [1.165, 1.54) is 4.31 Å². The molecule has 2 heterocycles. The van der Waals surface area contributed by atoms with E-state index in [2.05, 4.69) is 10.6 Å². The van der Waals surface area contributed by atoms with E-state index in [0.29, 0.717) is 38.1 Å². The lowest BCUT2D eigenvalue weighted by Gasteiger charge is -2.31. The first-order chi connectivity index (χ1) is 15.3. The van der Waals surface area contributed by atoms with Crippen LogP contribution in [-0.4, -0.2) is 62.9 Å². The molecule has 2 aliphatic heterocycles. The van der Waals surface area contributed by atoms with Crippen LogP contribution < -0.4 is 21.1 Å². The molecule has 0 bridgehead atoms. The molecule has 0 spiro atoms. The molecule has 2 fully saturated rings. The third kappa shape index (κ3) is 6.66. The molecule has 0 aromatic heterocycles. The molecule has 2 saturated heterocycles. The van der Waals surface area contributed by atoms with Crippen molar-refractivity contribution in [1.29, 1.82) is 0 Å². The molecular formula is C22H34N4O5S. The molecule has 3 rings (SSSR count). The maximum atomic E-state index is 13.0. The number of carbonyl (C=O) groups excluding carboxylic acids is 2. The van der Waals surface area contributed by atoms with Crippen LogP contribution in [0, 0.1) is 5.92 Å². The number of rotatable bonds is 9. The van der Waals surface area contributed by atoms with E-state index in [1.807, 2.05) is 0 Å². The van der Waals surface area contributed by atoms with Crippen molar-refractivity contribution in [2.24, 2.45) is 11.7 Å². The zero-order chi connectivity index (χ0) is 23.1. The second kappa shape index (κ2) is 11.1. The summed E-state index contributed by atoms with van der Waals surface area (Å²) in [6, 6.07) is 6.56. The van der Waals surface area contributed by atoms with Gasteiger partial charge in [0.15, 0.2) is 0 Å². The number of nitrogens with one attached hydrogen (secondary N) is 2. The molecular weight excluding hydrogens is 432 g/mol. The lowest BCUT2D eigenvalue weighted by atomic mass is 10.0. The molecule has 4 N–H and O–H groups in total. The summed E-state index contributed by atoms with van der Waals surface area (Å²) in [6.45, 7) is 4.25. The van der Waals surface area contributed by atoms with Crippen molar-refractivity contribution in [1.82, 2.24) is 14.9 Å². The molecule has 1 aromatic carbocycles. The van der Waals surface area contributed by atoms with Gasteiger partial charge in [-0.2, -0.15) is 4.31 Å². The first-order valence-electron chi connectivity index (χ1n) is 11.3. The molecule has 2 aliphatic rings. The lowest BCUT2D eigenvalue weighted by molar-refractivity contribution is -0.123.